The molecule has 0 aromatic carbocycles. The van der Waals surface area contributed by atoms with Crippen LogP contribution in [0.15, 0.2) is 0 Å². The summed E-state index contributed by atoms with van der Waals surface area (Å²) in [6, 6.07) is -0.622. The first-order valence-corrected chi connectivity index (χ1v) is 6.11. The molecule has 1 aliphatic rings. The first-order valence-electron chi connectivity index (χ1n) is 6.11. The molecule has 8 nitrogen and oxygen atoms in total. The molecule has 1 aromatic heterocycles. The fourth-order valence-electron chi connectivity index (χ4n) is 2.34. The summed E-state index contributed by atoms with van der Waals surface area (Å²) < 4.78 is 6.08. The molecule has 1 aromatic rings. The molecular formula is C12H16N4O4. The number of aryl methyl sites for hydroxylation is 1. The highest BCUT2D eigenvalue weighted by atomic mass is 16.5. The Morgan fingerprint density at radius 2 is 2.10 bits per heavy atom. The molecule has 2 rings (SSSR count). The minimum absolute atomic E-state index is 0.0163. The van der Waals surface area contributed by atoms with Crippen LogP contribution in [0.5, 0.6) is 0 Å². The molecule has 0 aliphatic carbocycles. The Labute approximate surface area is 115 Å². The molecule has 1 atom stereocenters. The maximum absolute atomic E-state index is 12.2. The van der Waals surface area contributed by atoms with Crippen LogP contribution in [0.2, 0.25) is 0 Å². The molecule has 108 valence electrons. The minimum atomic E-state index is -0.656. The van der Waals surface area contributed by atoms with Crippen molar-refractivity contribution >= 4 is 23.6 Å². The first kappa shape index (κ1) is 14.0. The zero-order valence-electron chi connectivity index (χ0n) is 11.5. The second kappa shape index (κ2) is 4.95. The fraction of sp³-hybridized carbons (Fsp3) is 0.500. The molecule has 1 saturated heterocycles. The molecule has 0 bridgehead atoms. The lowest BCUT2D eigenvalue weighted by Gasteiger charge is -2.29. The second-order valence-corrected chi connectivity index (χ2v) is 4.60. The summed E-state index contributed by atoms with van der Waals surface area (Å²) in [6.45, 7) is 1.65. The largest absolute Gasteiger partial charge is 0.464 e. The Balaban J connectivity index is 2.43. The lowest BCUT2D eigenvalue weighted by atomic mass is 10.0. The smallest absolute Gasteiger partial charge is 0.360 e. The van der Waals surface area contributed by atoms with E-state index >= 15 is 0 Å². The summed E-state index contributed by atoms with van der Waals surface area (Å²) in [5.74, 6) is -0.725. The third-order valence-corrected chi connectivity index (χ3v) is 3.44. The van der Waals surface area contributed by atoms with Crippen molar-refractivity contribution in [2.75, 3.05) is 19.9 Å². The Morgan fingerprint density at radius 3 is 2.70 bits per heavy atom. The highest BCUT2D eigenvalue weighted by Gasteiger charge is 2.36. The molecule has 2 heterocycles. The number of rotatable bonds is 2. The van der Waals surface area contributed by atoms with Crippen molar-refractivity contribution in [3.8, 4) is 0 Å². The monoisotopic (exact) mass is 280 g/mol. The predicted octanol–water partition coefficient (Wildman–Crippen LogP) is -0.120. The zero-order chi connectivity index (χ0) is 15.0. The van der Waals surface area contributed by atoms with Crippen LogP contribution in [0.1, 0.15) is 35.2 Å². The van der Waals surface area contributed by atoms with E-state index in [1.165, 1.54) is 18.7 Å². The van der Waals surface area contributed by atoms with E-state index in [9.17, 15) is 14.4 Å². The quantitative estimate of drug-likeness (QED) is 0.597. The number of likely N-dealkylation sites (tertiary alicyclic amines) is 1. The van der Waals surface area contributed by atoms with Gasteiger partial charge in [-0.15, -0.1) is 0 Å². The maximum atomic E-state index is 12.2. The van der Waals surface area contributed by atoms with Gasteiger partial charge >= 0.3 is 5.97 Å². The number of amides is 2. The van der Waals surface area contributed by atoms with Crippen molar-refractivity contribution in [2.45, 2.75) is 25.8 Å². The van der Waals surface area contributed by atoms with E-state index in [0.717, 1.165) is 4.90 Å². The standard InChI is InChI=1S/C12H16N4O4/c1-6-14-9(12(19)20-3)10(13)16(6)7-4-5-8(17)15(2)11(7)18/h7H,4-5,13H2,1-3H3. The molecule has 8 heteroatoms. The number of piperidine rings is 1. The molecule has 2 N–H and O–H groups in total. The number of carbonyl (C=O) groups is 3. The van der Waals surface area contributed by atoms with E-state index in [2.05, 4.69) is 9.72 Å². The summed E-state index contributed by atoms with van der Waals surface area (Å²) in [6.07, 6.45) is 0.585. The van der Waals surface area contributed by atoms with Gasteiger partial charge in [-0.05, 0) is 13.3 Å². The van der Waals surface area contributed by atoms with Crippen LogP contribution in [-0.4, -0.2) is 46.4 Å². The molecule has 20 heavy (non-hydrogen) atoms. The van der Waals surface area contributed by atoms with Crippen LogP contribution < -0.4 is 5.73 Å². The van der Waals surface area contributed by atoms with Crippen LogP contribution in [0, 0.1) is 6.92 Å². The maximum Gasteiger partial charge on any atom is 0.360 e. The molecule has 1 fully saturated rings. The lowest BCUT2D eigenvalue weighted by molar-refractivity contribution is -0.149. The number of nitrogens with two attached hydrogens (primary N) is 1. The topological polar surface area (TPSA) is 108 Å². The van der Waals surface area contributed by atoms with E-state index in [0.29, 0.717) is 12.2 Å². The summed E-state index contributed by atoms with van der Waals surface area (Å²) >= 11 is 0. The number of nitrogen functional groups attached to an aromatic ring is 1. The third-order valence-electron chi connectivity index (χ3n) is 3.44. The van der Waals surface area contributed by atoms with Crippen molar-refractivity contribution < 1.29 is 19.1 Å². The number of imidazole rings is 1. The number of ether oxygens (including phenoxy) is 1. The van der Waals surface area contributed by atoms with E-state index in [4.69, 9.17) is 5.73 Å². The highest BCUT2D eigenvalue weighted by Crippen LogP contribution is 2.28. The van der Waals surface area contributed by atoms with Crippen molar-refractivity contribution in [2.24, 2.45) is 0 Å². The number of hydrogen-bond acceptors (Lipinski definition) is 6. The van der Waals surface area contributed by atoms with Crippen molar-refractivity contribution in [1.29, 1.82) is 0 Å². The third kappa shape index (κ3) is 2.02. The SMILES string of the molecule is COC(=O)c1nc(C)n(C2CCC(=O)N(C)C2=O)c1N. The van der Waals surface area contributed by atoms with Gasteiger partial charge in [0, 0.05) is 13.5 Å². The number of anilines is 1. The predicted molar refractivity (Wildman–Crippen MR) is 68.8 cm³/mol. The van der Waals surface area contributed by atoms with Gasteiger partial charge in [-0.1, -0.05) is 0 Å². The van der Waals surface area contributed by atoms with E-state index in [1.54, 1.807) is 6.92 Å². The molecule has 1 unspecified atom stereocenters. The molecule has 1 aliphatic heterocycles. The number of methoxy groups -OCH3 is 1. The van der Waals surface area contributed by atoms with Crippen molar-refractivity contribution in [3.63, 3.8) is 0 Å². The Morgan fingerprint density at radius 1 is 1.45 bits per heavy atom. The molecule has 0 radical (unpaired) electrons. The zero-order valence-corrected chi connectivity index (χ0v) is 11.5. The van der Waals surface area contributed by atoms with Gasteiger partial charge in [-0.2, -0.15) is 0 Å². The fourth-order valence-corrected chi connectivity index (χ4v) is 2.34. The van der Waals surface area contributed by atoms with Gasteiger partial charge in [0.1, 0.15) is 17.7 Å². The number of aromatic nitrogens is 2. The average Bonchev–Trinajstić information content (AvgIpc) is 2.72. The lowest BCUT2D eigenvalue weighted by Crippen LogP contribution is -2.43. The number of imide groups is 1. The number of carbonyl (C=O) groups excluding carboxylic acids is 3. The van der Waals surface area contributed by atoms with E-state index < -0.39 is 12.0 Å². The average molecular weight is 280 g/mol. The second-order valence-electron chi connectivity index (χ2n) is 4.60. The van der Waals surface area contributed by atoms with Gasteiger partial charge in [-0.25, -0.2) is 9.78 Å². The van der Waals surface area contributed by atoms with Crippen LogP contribution in [0.4, 0.5) is 5.82 Å². The number of likely N-dealkylation sites (N-methyl/N-ethyl adjacent to an activating group) is 1. The molecule has 2 amide bonds. The van der Waals surface area contributed by atoms with E-state index in [-0.39, 0.29) is 29.7 Å². The molecular weight excluding hydrogens is 264 g/mol. The van der Waals surface area contributed by atoms with Gasteiger partial charge in [0.2, 0.25) is 5.91 Å². The highest BCUT2D eigenvalue weighted by molar-refractivity contribution is 6.00. The Bertz CT molecular complexity index is 593. The summed E-state index contributed by atoms with van der Waals surface area (Å²) in [5.41, 5.74) is 5.88. The molecule has 0 saturated carbocycles. The summed E-state index contributed by atoms with van der Waals surface area (Å²) in [4.78, 5) is 40.3. The van der Waals surface area contributed by atoms with Gasteiger partial charge < -0.3 is 15.0 Å². The van der Waals surface area contributed by atoms with E-state index in [1.807, 2.05) is 0 Å². The van der Waals surface area contributed by atoms with Crippen LogP contribution in [0.25, 0.3) is 0 Å². The van der Waals surface area contributed by atoms with Crippen LogP contribution in [-0.2, 0) is 14.3 Å². The van der Waals surface area contributed by atoms with Crippen LogP contribution >= 0.6 is 0 Å². The van der Waals surface area contributed by atoms with Crippen LogP contribution in [0.3, 0.4) is 0 Å². The minimum Gasteiger partial charge on any atom is -0.464 e. The van der Waals surface area contributed by atoms with Crippen molar-refractivity contribution in [1.82, 2.24) is 14.5 Å². The van der Waals surface area contributed by atoms with Gasteiger partial charge in [0.25, 0.3) is 5.91 Å². The summed E-state index contributed by atoms with van der Waals surface area (Å²) in [5, 5.41) is 0. The van der Waals surface area contributed by atoms with Crippen molar-refractivity contribution in [3.05, 3.63) is 11.5 Å². The number of hydrogen-bond donors (Lipinski definition) is 1. The Kier molecular flexibility index (Phi) is 3.47. The van der Waals surface area contributed by atoms with Gasteiger partial charge in [-0.3, -0.25) is 14.5 Å². The summed E-state index contributed by atoms with van der Waals surface area (Å²) in [7, 11) is 2.66. The van der Waals surface area contributed by atoms with Gasteiger partial charge in [0.15, 0.2) is 5.69 Å². The van der Waals surface area contributed by atoms with Gasteiger partial charge in [0.05, 0.1) is 7.11 Å². The molecule has 0 spiro atoms. The normalized spacial score (nSPS) is 19.4. The Hall–Kier alpha value is -2.38. The number of esters is 1. The number of nitrogens with zero attached hydrogens (tertiary/aromatic N) is 3. The first-order chi connectivity index (χ1) is 9.38.